The highest BCUT2D eigenvalue weighted by molar-refractivity contribution is 7.25. The van der Waals surface area contributed by atoms with E-state index < -0.39 is 0 Å². The third kappa shape index (κ3) is 4.32. The van der Waals surface area contributed by atoms with Crippen LogP contribution in [0.3, 0.4) is 0 Å². The molecule has 2 aliphatic carbocycles. The van der Waals surface area contributed by atoms with Crippen molar-refractivity contribution in [3.05, 3.63) is 193 Å². The van der Waals surface area contributed by atoms with Gasteiger partial charge < -0.3 is 4.42 Å². The average molecular weight is 705 g/mol. The van der Waals surface area contributed by atoms with Crippen molar-refractivity contribution < 1.29 is 4.42 Å². The molecule has 10 aromatic rings. The molecule has 54 heavy (non-hydrogen) atoms. The highest BCUT2D eigenvalue weighted by Gasteiger charge is 2.32. The predicted molar refractivity (Wildman–Crippen MR) is 232 cm³/mol. The van der Waals surface area contributed by atoms with E-state index in [1.54, 1.807) is 0 Å². The van der Waals surface area contributed by atoms with Gasteiger partial charge in [0.25, 0.3) is 0 Å². The molecule has 2 unspecified atom stereocenters. The Morgan fingerprint density at radius 1 is 0.407 bits per heavy atom. The lowest BCUT2D eigenvalue weighted by Gasteiger charge is -2.33. The highest BCUT2D eigenvalue weighted by Crippen LogP contribution is 2.50. The zero-order chi connectivity index (χ0) is 35.3. The summed E-state index contributed by atoms with van der Waals surface area (Å²) in [5.41, 5.74) is 9.80. The fraction of sp³-hybridized carbons (Fsp3) is 0.0385. The van der Waals surface area contributed by atoms with E-state index in [1.165, 1.54) is 96.7 Å². The molecule has 2 heteroatoms. The van der Waals surface area contributed by atoms with E-state index in [-0.39, 0.29) is 11.8 Å². The normalized spacial score (nSPS) is 17.0. The van der Waals surface area contributed by atoms with E-state index in [0.717, 1.165) is 11.2 Å². The number of thiophene rings is 1. The van der Waals surface area contributed by atoms with Gasteiger partial charge in [-0.05, 0) is 102 Å². The van der Waals surface area contributed by atoms with Crippen molar-refractivity contribution in [2.45, 2.75) is 0 Å². The first kappa shape index (κ1) is 30.0. The summed E-state index contributed by atoms with van der Waals surface area (Å²) in [6, 6.07) is 53.6. The third-order valence-corrected chi connectivity index (χ3v) is 13.0. The zero-order valence-corrected chi connectivity index (χ0v) is 30.1. The Morgan fingerprint density at radius 3 is 1.80 bits per heavy atom. The quantitative estimate of drug-likeness (QED) is 0.167. The van der Waals surface area contributed by atoms with Crippen LogP contribution in [0.25, 0.3) is 96.7 Å². The second kappa shape index (κ2) is 11.5. The van der Waals surface area contributed by atoms with Gasteiger partial charge in [0, 0.05) is 42.8 Å². The van der Waals surface area contributed by atoms with Crippen molar-refractivity contribution in [3.63, 3.8) is 0 Å². The Hall–Kier alpha value is -6.48. The predicted octanol–water partition coefficient (Wildman–Crippen LogP) is 14.9. The van der Waals surface area contributed by atoms with Crippen LogP contribution in [0, 0.1) is 11.8 Å². The summed E-state index contributed by atoms with van der Waals surface area (Å²) in [7, 11) is 0. The van der Waals surface area contributed by atoms with Crippen molar-refractivity contribution in [1.29, 1.82) is 0 Å². The molecular formula is C52H32OS. The number of hydrogen-bond acceptors (Lipinski definition) is 2. The second-order valence-electron chi connectivity index (χ2n) is 14.7. The van der Waals surface area contributed by atoms with Gasteiger partial charge in [-0.1, -0.05) is 146 Å². The SMILES string of the molecule is C1=CC2C(c3ccccc3)=CC=C(c3c4ccccc4c(-c4ccc5sc6cc7ccc8oc9ccccc9c8c7cc6c5c4)c4ccccc34)C2C=C1. The van der Waals surface area contributed by atoms with Crippen molar-refractivity contribution in [3.8, 4) is 11.1 Å². The van der Waals surface area contributed by atoms with Gasteiger partial charge in [0.05, 0.1) is 0 Å². The largest absolute Gasteiger partial charge is 0.456 e. The highest BCUT2D eigenvalue weighted by atomic mass is 32.1. The van der Waals surface area contributed by atoms with Gasteiger partial charge >= 0.3 is 0 Å². The van der Waals surface area contributed by atoms with Crippen LogP contribution in [0.2, 0.25) is 0 Å². The molecule has 2 aromatic heterocycles. The van der Waals surface area contributed by atoms with Crippen molar-refractivity contribution in [2.75, 3.05) is 0 Å². The maximum atomic E-state index is 6.30. The maximum Gasteiger partial charge on any atom is 0.136 e. The van der Waals surface area contributed by atoms with Crippen LogP contribution in [0.15, 0.2) is 186 Å². The average Bonchev–Trinajstić information content (AvgIpc) is 3.79. The minimum Gasteiger partial charge on any atom is -0.456 e. The first-order valence-electron chi connectivity index (χ1n) is 18.8. The van der Waals surface area contributed by atoms with Gasteiger partial charge in [0.1, 0.15) is 11.2 Å². The fourth-order valence-electron chi connectivity index (χ4n) is 9.50. The van der Waals surface area contributed by atoms with Crippen LogP contribution in [-0.4, -0.2) is 0 Å². The minimum absolute atomic E-state index is 0.245. The molecule has 0 saturated heterocycles. The summed E-state index contributed by atoms with van der Waals surface area (Å²) in [5, 5.41) is 12.6. The molecule has 252 valence electrons. The van der Waals surface area contributed by atoms with Gasteiger partial charge in [-0.2, -0.15) is 0 Å². The van der Waals surface area contributed by atoms with Crippen molar-refractivity contribution in [1.82, 2.24) is 0 Å². The number of furan rings is 1. The monoisotopic (exact) mass is 704 g/mol. The molecule has 0 fully saturated rings. The lowest BCUT2D eigenvalue weighted by Crippen LogP contribution is -2.19. The molecule has 0 aliphatic heterocycles. The van der Waals surface area contributed by atoms with E-state index >= 15 is 0 Å². The van der Waals surface area contributed by atoms with Gasteiger partial charge in [-0.15, -0.1) is 11.3 Å². The van der Waals surface area contributed by atoms with Gasteiger partial charge in [0.15, 0.2) is 0 Å². The Balaban J connectivity index is 1.10. The number of rotatable bonds is 3. The molecule has 0 amide bonds. The number of fused-ring (bicyclic) bond motifs is 11. The molecule has 0 spiro atoms. The van der Waals surface area contributed by atoms with Crippen LogP contribution < -0.4 is 0 Å². The van der Waals surface area contributed by atoms with Crippen molar-refractivity contribution >= 4 is 96.9 Å². The summed E-state index contributed by atoms with van der Waals surface area (Å²) >= 11 is 1.88. The number of hydrogen-bond donors (Lipinski definition) is 0. The molecule has 0 saturated carbocycles. The summed E-state index contributed by atoms with van der Waals surface area (Å²) in [6.45, 7) is 0. The Bertz CT molecular complexity index is 3270. The Kier molecular flexibility index (Phi) is 6.40. The second-order valence-corrected chi connectivity index (χ2v) is 15.8. The molecule has 0 N–H and O–H groups in total. The van der Waals surface area contributed by atoms with Crippen molar-refractivity contribution in [2.24, 2.45) is 11.8 Å². The molecule has 12 rings (SSSR count). The molecule has 8 aromatic carbocycles. The lowest BCUT2D eigenvalue weighted by atomic mass is 9.70. The van der Waals surface area contributed by atoms with E-state index in [2.05, 4.69) is 176 Å². The minimum atomic E-state index is 0.245. The Labute approximate surface area is 316 Å². The molecule has 0 radical (unpaired) electrons. The summed E-state index contributed by atoms with van der Waals surface area (Å²) < 4.78 is 8.91. The van der Waals surface area contributed by atoms with E-state index in [0.29, 0.717) is 0 Å². The zero-order valence-electron chi connectivity index (χ0n) is 29.3. The summed E-state index contributed by atoms with van der Waals surface area (Å²) in [5.74, 6) is 0.524. The van der Waals surface area contributed by atoms with Crippen LogP contribution >= 0.6 is 11.3 Å². The third-order valence-electron chi connectivity index (χ3n) is 11.9. The number of benzene rings is 8. The van der Waals surface area contributed by atoms with Crippen LogP contribution in [-0.2, 0) is 0 Å². The van der Waals surface area contributed by atoms with E-state index in [4.69, 9.17) is 4.42 Å². The summed E-state index contributed by atoms with van der Waals surface area (Å²) in [6.07, 6.45) is 14.0. The molecular weight excluding hydrogens is 673 g/mol. The number of allylic oxidation sites excluding steroid dienone is 8. The van der Waals surface area contributed by atoms with Crippen LogP contribution in [0.4, 0.5) is 0 Å². The molecule has 2 atom stereocenters. The van der Waals surface area contributed by atoms with Crippen LogP contribution in [0.1, 0.15) is 11.1 Å². The van der Waals surface area contributed by atoms with Gasteiger partial charge in [-0.25, -0.2) is 0 Å². The maximum absolute atomic E-state index is 6.30. The molecule has 2 heterocycles. The van der Waals surface area contributed by atoms with Crippen LogP contribution in [0.5, 0.6) is 0 Å². The summed E-state index contributed by atoms with van der Waals surface area (Å²) in [4.78, 5) is 0. The standard InChI is InChI=1S/C52H32OS/c1-2-12-31(13-3-1)34-24-25-41(36-15-5-4-14-35(34)36)51-39-18-8-6-16-37(39)50(38-17-7-9-19-40(38)51)33-23-27-48-44(28-33)45-30-43-32(29-49(45)54-48)22-26-47-52(43)42-20-10-11-21-46(42)53-47/h1-30,35-36H. The van der Waals surface area contributed by atoms with E-state index in [9.17, 15) is 0 Å². The van der Waals surface area contributed by atoms with Gasteiger partial charge in [-0.3, -0.25) is 0 Å². The van der Waals surface area contributed by atoms with Gasteiger partial charge in [0.2, 0.25) is 0 Å². The molecule has 0 bridgehead atoms. The topological polar surface area (TPSA) is 13.1 Å². The molecule has 1 nitrogen and oxygen atoms in total. The smallest absolute Gasteiger partial charge is 0.136 e. The fourth-order valence-corrected chi connectivity index (χ4v) is 10.6. The number of para-hydroxylation sites is 1. The molecule has 2 aliphatic rings. The lowest BCUT2D eigenvalue weighted by molar-refractivity contribution is 0.669. The Morgan fingerprint density at radius 2 is 1.04 bits per heavy atom. The van der Waals surface area contributed by atoms with E-state index in [1.807, 2.05) is 17.4 Å². The first-order valence-corrected chi connectivity index (χ1v) is 19.6. The first-order chi connectivity index (χ1) is 26.8.